The minimum atomic E-state index is -0.714. The Balaban J connectivity index is 0.000000184. The molecule has 13 heteroatoms. The lowest BCUT2D eigenvalue weighted by molar-refractivity contribution is 0.122. The Morgan fingerprint density at radius 3 is 1.80 bits per heavy atom. The van der Waals surface area contributed by atoms with Crippen LogP contribution in [0.5, 0.6) is 0 Å². The largest absolute Gasteiger partial charge is 0.378 e. The number of halogens is 5. The van der Waals surface area contributed by atoms with Gasteiger partial charge in [0.15, 0.2) is 0 Å². The molecular weight excluding hydrogens is 718 g/mol. The molecule has 54 heavy (non-hydrogen) atoms. The first kappa shape index (κ1) is 36.6. The van der Waals surface area contributed by atoms with Crippen molar-refractivity contribution in [2.75, 3.05) is 36.5 Å². The van der Waals surface area contributed by atoms with Crippen molar-refractivity contribution in [1.29, 1.82) is 0 Å². The molecule has 1 N–H and O–H groups in total. The first-order chi connectivity index (χ1) is 26.0. The van der Waals surface area contributed by atoms with Gasteiger partial charge in [0.2, 0.25) is 0 Å². The van der Waals surface area contributed by atoms with Gasteiger partial charge in [0.1, 0.15) is 23.3 Å². The third-order valence-electron chi connectivity index (χ3n) is 9.09. The van der Waals surface area contributed by atoms with Gasteiger partial charge >= 0.3 is 0 Å². The number of ether oxygens (including phenoxy) is 1. The van der Waals surface area contributed by atoms with Gasteiger partial charge in [-0.3, -0.25) is 15.0 Å². The van der Waals surface area contributed by atoms with Crippen LogP contribution in [0.3, 0.4) is 0 Å². The summed E-state index contributed by atoms with van der Waals surface area (Å²) < 4.78 is 61.7. The zero-order valence-electron chi connectivity index (χ0n) is 29.8. The van der Waals surface area contributed by atoms with Crippen molar-refractivity contribution in [3.05, 3.63) is 130 Å². The summed E-state index contributed by atoms with van der Waals surface area (Å²) in [6, 6.07) is 13.6. The van der Waals surface area contributed by atoms with E-state index in [4.69, 9.17) is 16.3 Å². The summed E-state index contributed by atoms with van der Waals surface area (Å²) in [7, 11) is 0. The molecule has 1 aliphatic rings. The van der Waals surface area contributed by atoms with Crippen molar-refractivity contribution in [3.63, 3.8) is 0 Å². The van der Waals surface area contributed by atoms with E-state index in [2.05, 4.69) is 35.1 Å². The van der Waals surface area contributed by atoms with Crippen LogP contribution in [0, 0.1) is 51.0 Å². The number of hydrogen-bond acceptors (Lipinski definition) is 8. The van der Waals surface area contributed by atoms with Crippen LogP contribution < -0.4 is 10.2 Å². The fraction of sp³-hybridized carbons (Fsp3) is 0.195. The van der Waals surface area contributed by atoms with E-state index in [1.165, 1.54) is 12.1 Å². The summed E-state index contributed by atoms with van der Waals surface area (Å²) >= 11 is 6.24. The Morgan fingerprint density at radius 2 is 1.22 bits per heavy atom. The van der Waals surface area contributed by atoms with Gasteiger partial charge in [-0.25, -0.2) is 27.5 Å². The summed E-state index contributed by atoms with van der Waals surface area (Å²) in [5, 5.41) is 3.91. The number of morpholine rings is 1. The van der Waals surface area contributed by atoms with Crippen molar-refractivity contribution in [1.82, 2.24) is 24.9 Å². The monoisotopic (exact) mass is 751 g/mol. The van der Waals surface area contributed by atoms with Gasteiger partial charge in [-0.1, -0.05) is 23.7 Å². The highest BCUT2D eigenvalue weighted by atomic mass is 35.5. The number of aryl methyl sites for hydroxylation is 2. The molecular formula is C41H34ClF4N7O. The number of nitrogens with one attached hydrogen (secondary N) is 1. The van der Waals surface area contributed by atoms with Crippen LogP contribution in [0.15, 0.2) is 79.4 Å². The van der Waals surface area contributed by atoms with Crippen molar-refractivity contribution in [2.24, 2.45) is 0 Å². The molecule has 1 fully saturated rings. The molecule has 274 valence electrons. The molecule has 8 nitrogen and oxygen atoms in total. The van der Waals surface area contributed by atoms with E-state index in [0.717, 1.165) is 42.0 Å². The molecule has 0 bridgehead atoms. The SMILES string of the molecule is Cc1ccc(-c2nc3cc(F)cc(F)c3c(Cl)c2C)nc1.Cc1ccc(-c2nc3cc(F)cc(F)c3c(Nc3cncc(N4CCOCC4)c3)c2C)nc1. The first-order valence-corrected chi connectivity index (χ1v) is 17.5. The lowest BCUT2D eigenvalue weighted by Gasteiger charge is -2.28. The summed E-state index contributed by atoms with van der Waals surface area (Å²) in [6.07, 6.45) is 6.93. The van der Waals surface area contributed by atoms with Gasteiger partial charge in [0.25, 0.3) is 0 Å². The minimum absolute atomic E-state index is 0.131. The molecule has 8 rings (SSSR count). The van der Waals surface area contributed by atoms with Crippen LogP contribution in [-0.4, -0.2) is 51.2 Å². The molecule has 0 spiro atoms. The Hall–Kier alpha value is -5.72. The first-order valence-electron chi connectivity index (χ1n) is 17.1. The number of aromatic nitrogens is 5. The highest BCUT2D eigenvalue weighted by Gasteiger charge is 2.20. The number of rotatable bonds is 5. The maximum absolute atomic E-state index is 15.0. The van der Waals surface area contributed by atoms with Crippen LogP contribution in [-0.2, 0) is 4.74 Å². The van der Waals surface area contributed by atoms with E-state index in [1.54, 1.807) is 31.7 Å². The quantitative estimate of drug-likeness (QED) is 0.174. The van der Waals surface area contributed by atoms with Gasteiger partial charge in [-0.2, -0.15) is 0 Å². The van der Waals surface area contributed by atoms with Crippen LogP contribution in [0.1, 0.15) is 22.3 Å². The summed E-state index contributed by atoms with van der Waals surface area (Å²) in [5.41, 5.74) is 8.24. The van der Waals surface area contributed by atoms with E-state index in [-0.39, 0.29) is 26.8 Å². The number of fused-ring (bicyclic) bond motifs is 2. The third-order valence-corrected chi connectivity index (χ3v) is 9.57. The van der Waals surface area contributed by atoms with Crippen LogP contribution in [0.4, 0.5) is 34.6 Å². The van der Waals surface area contributed by atoms with Crippen molar-refractivity contribution >= 4 is 50.5 Å². The van der Waals surface area contributed by atoms with Crippen LogP contribution in [0.25, 0.3) is 44.6 Å². The molecule has 0 atom stereocenters. The number of anilines is 3. The highest BCUT2D eigenvalue weighted by molar-refractivity contribution is 6.36. The molecule has 7 aromatic rings. The Bertz CT molecular complexity index is 2510. The Morgan fingerprint density at radius 1 is 0.667 bits per heavy atom. The fourth-order valence-electron chi connectivity index (χ4n) is 6.27. The lowest BCUT2D eigenvalue weighted by atomic mass is 10.0. The van der Waals surface area contributed by atoms with Crippen LogP contribution in [0.2, 0.25) is 5.02 Å². The molecule has 1 aliphatic heterocycles. The molecule has 0 amide bonds. The highest BCUT2D eigenvalue weighted by Crippen LogP contribution is 2.37. The second-order valence-electron chi connectivity index (χ2n) is 13.0. The maximum Gasteiger partial charge on any atom is 0.137 e. The normalized spacial score (nSPS) is 12.9. The predicted octanol–water partition coefficient (Wildman–Crippen LogP) is 10.0. The van der Waals surface area contributed by atoms with E-state index in [1.807, 2.05) is 51.1 Å². The molecule has 0 unspecified atom stereocenters. The zero-order chi connectivity index (χ0) is 38.1. The maximum atomic E-state index is 15.0. The molecule has 1 saturated heterocycles. The molecule has 5 aromatic heterocycles. The Labute approximate surface area is 313 Å². The number of hydrogen-bond donors (Lipinski definition) is 1. The van der Waals surface area contributed by atoms with Gasteiger partial charge in [-0.15, -0.1) is 0 Å². The number of benzene rings is 2. The second kappa shape index (κ2) is 15.3. The standard InChI is InChI=1S/C25H23F2N5O.C16H11ClF2N2/c1-15-3-4-21(29-12-15)24-16(2)25(23-20(27)9-17(26)10-22(23)31-24)30-18-11-19(14-28-13-18)32-5-7-33-8-6-32;1-8-3-4-12(20-7-8)16-9(2)15(17)14-11(19)5-10(18)6-13(14)21-16/h3-4,9-14H,5-8H2,1-2H3,(H,30,31);3-7H,1-2H3. The smallest absolute Gasteiger partial charge is 0.137 e. The number of pyridine rings is 5. The second-order valence-corrected chi connectivity index (χ2v) is 13.4. The van der Waals surface area contributed by atoms with Crippen molar-refractivity contribution in [2.45, 2.75) is 27.7 Å². The third kappa shape index (κ3) is 7.53. The molecule has 0 radical (unpaired) electrons. The van der Waals surface area contributed by atoms with Gasteiger partial charge in [0.05, 0.1) is 92.3 Å². The summed E-state index contributed by atoms with van der Waals surface area (Å²) in [4.78, 5) is 24.2. The topological polar surface area (TPSA) is 89.0 Å². The lowest BCUT2D eigenvalue weighted by Crippen LogP contribution is -2.36. The van der Waals surface area contributed by atoms with E-state index >= 15 is 0 Å². The molecule has 2 aromatic carbocycles. The van der Waals surface area contributed by atoms with Gasteiger partial charge in [-0.05, 0) is 62.6 Å². The summed E-state index contributed by atoms with van der Waals surface area (Å²) in [5.74, 6) is -2.76. The number of nitrogens with zero attached hydrogens (tertiary/aromatic N) is 6. The van der Waals surface area contributed by atoms with Crippen molar-refractivity contribution < 1.29 is 22.3 Å². The van der Waals surface area contributed by atoms with Crippen molar-refractivity contribution in [3.8, 4) is 22.8 Å². The molecule has 6 heterocycles. The molecule has 0 saturated carbocycles. The minimum Gasteiger partial charge on any atom is -0.378 e. The summed E-state index contributed by atoms with van der Waals surface area (Å²) in [6.45, 7) is 10.4. The van der Waals surface area contributed by atoms with Gasteiger partial charge in [0, 0.05) is 55.3 Å². The average molecular weight is 752 g/mol. The van der Waals surface area contributed by atoms with Crippen LogP contribution >= 0.6 is 11.6 Å². The predicted molar refractivity (Wildman–Crippen MR) is 204 cm³/mol. The van der Waals surface area contributed by atoms with E-state index in [9.17, 15) is 17.6 Å². The van der Waals surface area contributed by atoms with Gasteiger partial charge < -0.3 is 15.0 Å². The Kier molecular flexibility index (Phi) is 10.4. The molecule has 0 aliphatic carbocycles. The zero-order valence-corrected chi connectivity index (χ0v) is 30.6. The average Bonchev–Trinajstić information content (AvgIpc) is 3.15. The fourth-order valence-corrected chi connectivity index (χ4v) is 6.55. The van der Waals surface area contributed by atoms with E-state index < -0.39 is 23.3 Å². The van der Waals surface area contributed by atoms with E-state index in [0.29, 0.717) is 58.5 Å².